The maximum Gasteiger partial charge on any atom is 0.258 e. The number of sulfonamides is 1. The Morgan fingerprint density at radius 2 is 2.21 bits per heavy atom. The van der Waals surface area contributed by atoms with Gasteiger partial charge in [-0.15, -0.1) is 11.3 Å². The van der Waals surface area contributed by atoms with Crippen molar-refractivity contribution in [3.05, 3.63) is 28.3 Å². The summed E-state index contributed by atoms with van der Waals surface area (Å²) in [6.07, 6.45) is 3.16. The van der Waals surface area contributed by atoms with E-state index in [4.69, 9.17) is 0 Å². The summed E-state index contributed by atoms with van der Waals surface area (Å²) in [5, 5.41) is 9.51. The normalized spacial score (nSPS) is 11.8. The Kier molecular flexibility index (Phi) is 4.64. The number of hydrogen-bond donors (Lipinski definition) is 3. The van der Waals surface area contributed by atoms with Gasteiger partial charge >= 0.3 is 0 Å². The van der Waals surface area contributed by atoms with Crippen molar-refractivity contribution in [2.75, 3.05) is 6.54 Å². The van der Waals surface area contributed by atoms with Gasteiger partial charge in [0.25, 0.3) is 10.0 Å². The van der Waals surface area contributed by atoms with E-state index in [0.29, 0.717) is 12.1 Å². The molecule has 0 aliphatic rings. The van der Waals surface area contributed by atoms with Crippen LogP contribution in [0.3, 0.4) is 0 Å². The van der Waals surface area contributed by atoms with Crippen molar-refractivity contribution in [2.24, 2.45) is 0 Å². The van der Waals surface area contributed by atoms with Crippen molar-refractivity contribution in [3.8, 4) is 0 Å². The van der Waals surface area contributed by atoms with E-state index in [-0.39, 0.29) is 11.6 Å². The fourth-order valence-electron chi connectivity index (χ4n) is 1.49. The van der Waals surface area contributed by atoms with E-state index in [0.717, 1.165) is 11.4 Å². The van der Waals surface area contributed by atoms with E-state index in [1.807, 2.05) is 6.92 Å². The van der Waals surface area contributed by atoms with Crippen LogP contribution in [0.2, 0.25) is 0 Å². The highest BCUT2D eigenvalue weighted by atomic mass is 32.2. The van der Waals surface area contributed by atoms with Gasteiger partial charge in [0.15, 0.2) is 5.03 Å². The number of hydrogen-bond acceptors (Lipinski definition) is 6. The minimum absolute atomic E-state index is 0.109. The van der Waals surface area contributed by atoms with Crippen molar-refractivity contribution in [1.82, 2.24) is 25.2 Å². The number of H-pyrrole nitrogens is 1. The van der Waals surface area contributed by atoms with E-state index in [1.54, 1.807) is 11.7 Å². The SMILES string of the molecule is CCNCc1cn[nH]c1S(=O)(=O)NCc1cncs1. The highest BCUT2D eigenvalue weighted by molar-refractivity contribution is 7.89. The third-order valence-corrected chi connectivity index (χ3v) is 4.63. The summed E-state index contributed by atoms with van der Waals surface area (Å²) >= 11 is 1.40. The standard InChI is InChI=1S/C10H15N5O2S2/c1-2-11-3-8-4-13-15-10(8)19(16,17)14-6-9-5-12-7-18-9/h4-5,7,11,14H,2-3,6H2,1H3,(H,13,15). The number of aromatic nitrogens is 3. The molecule has 104 valence electrons. The summed E-state index contributed by atoms with van der Waals surface area (Å²) in [6.45, 7) is 3.41. The van der Waals surface area contributed by atoms with Gasteiger partial charge in [0.2, 0.25) is 0 Å². The van der Waals surface area contributed by atoms with E-state index in [1.165, 1.54) is 17.5 Å². The minimum Gasteiger partial charge on any atom is -0.313 e. The fraction of sp³-hybridized carbons (Fsp3) is 0.400. The number of nitrogens with one attached hydrogen (secondary N) is 3. The van der Waals surface area contributed by atoms with Crippen LogP contribution in [0.4, 0.5) is 0 Å². The van der Waals surface area contributed by atoms with E-state index in [2.05, 4.69) is 25.2 Å². The first-order valence-corrected chi connectivity index (χ1v) is 8.09. The Labute approximate surface area is 115 Å². The van der Waals surface area contributed by atoms with Crippen LogP contribution in [0.15, 0.2) is 22.9 Å². The second-order valence-electron chi connectivity index (χ2n) is 3.80. The molecule has 0 unspecified atom stereocenters. The van der Waals surface area contributed by atoms with Crippen LogP contribution in [0, 0.1) is 0 Å². The molecule has 7 nitrogen and oxygen atoms in total. The van der Waals surface area contributed by atoms with Gasteiger partial charge in [0, 0.05) is 29.7 Å². The molecule has 2 rings (SSSR count). The lowest BCUT2D eigenvalue weighted by Crippen LogP contribution is -2.25. The molecule has 9 heteroatoms. The van der Waals surface area contributed by atoms with Crippen molar-refractivity contribution in [3.63, 3.8) is 0 Å². The van der Waals surface area contributed by atoms with E-state index < -0.39 is 10.0 Å². The topological polar surface area (TPSA) is 99.8 Å². The van der Waals surface area contributed by atoms with Crippen LogP contribution in [0.25, 0.3) is 0 Å². The minimum atomic E-state index is -3.58. The maximum absolute atomic E-state index is 12.1. The summed E-state index contributed by atoms with van der Waals surface area (Å²) in [6, 6.07) is 0. The van der Waals surface area contributed by atoms with Crippen molar-refractivity contribution in [1.29, 1.82) is 0 Å². The fourth-order valence-corrected chi connectivity index (χ4v) is 3.24. The molecule has 3 N–H and O–H groups in total. The molecule has 0 amide bonds. The maximum atomic E-state index is 12.1. The second kappa shape index (κ2) is 6.24. The molecule has 0 aliphatic carbocycles. The summed E-state index contributed by atoms with van der Waals surface area (Å²) in [5.41, 5.74) is 2.29. The Morgan fingerprint density at radius 3 is 2.89 bits per heavy atom. The number of thiazole rings is 1. The molecule has 0 fully saturated rings. The molecular formula is C10H15N5O2S2. The predicted molar refractivity (Wildman–Crippen MR) is 72.1 cm³/mol. The molecule has 0 atom stereocenters. The molecule has 0 bridgehead atoms. The molecular weight excluding hydrogens is 286 g/mol. The first kappa shape index (κ1) is 14.1. The Hall–Kier alpha value is -1.29. The predicted octanol–water partition coefficient (Wildman–Crippen LogP) is 0.454. The third-order valence-electron chi connectivity index (χ3n) is 2.43. The zero-order chi connectivity index (χ0) is 13.7. The average Bonchev–Trinajstić information content (AvgIpc) is 3.05. The first-order valence-electron chi connectivity index (χ1n) is 5.73. The summed E-state index contributed by atoms with van der Waals surface area (Å²) in [4.78, 5) is 4.75. The Balaban J connectivity index is 2.08. The van der Waals surface area contributed by atoms with Crippen LogP contribution in [0.5, 0.6) is 0 Å². The van der Waals surface area contributed by atoms with Gasteiger partial charge in [0.1, 0.15) is 0 Å². The summed E-state index contributed by atoms with van der Waals surface area (Å²) in [5.74, 6) is 0. The van der Waals surface area contributed by atoms with Crippen LogP contribution < -0.4 is 10.0 Å². The largest absolute Gasteiger partial charge is 0.313 e. The van der Waals surface area contributed by atoms with Crippen LogP contribution in [-0.4, -0.2) is 30.1 Å². The zero-order valence-corrected chi connectivity index (χ0v) is 12.0. The first-order chi connectivity index (χ1) is 9.13. The number of rotatable bonds is 7. The van der Waals surface area contributed by atoms with Gasteiger partial charge in [-0.3, -0.25) is 10.1 Å². The molecule has 0 aromatic carbocycles. The molecule has 2 aromatic rings. The van der Waals surface area contributed by atoms with Crippen LogP contribution in [0.1, 0.15) is 17.4 Å². The van der Waals surface area contributed by atoms with Gasteiger partial charge in [-0.05, 0) is 6.54 Å². The monoisotopic (exact) mass is 301 g/mol. The highest BCUT2D eigenvalue weighted by Gasteiger charge is 2.20. The lowest BCUT2D eigenvalue weighted by atomic mass is 10.3. The molecule has 19 heavy (non-hydrogen) atoms. The lowest BCUT2D eigenvalue weighted by molar-refractivity contribution is 0.574. The lowest BCUT2D eigenvalue weighted by Gasteiger charge is -2.06. The van der Waals surface area contributed by atoms with Gasteiger partial charge in [-0.1, -0.05) is 6.92 Å². The van der Waals surface area contributed by atoms with Gasteiger partial charge in [0.05, 0.1) is 11.7 Å². The van der Waals surface area contributed by atoms with E-state index >= 15 is 0 Å². The number of nitrogens with zero attached hydrogens (tertiary/aromatic N) is 2. The van der Waals surface area contributed by atoms with Gasteiger partial charge in [-0.2, -0.15) is 5.10 Å². The molecule has 0 saturated heterocycles. The Bertz CT molecular complexity index is 606. The van der Waals surface area contributed by atoms with Crippen molar-refractivity contribution in [2.45, 2.75) is 25.0 Å². The smallest absolute Gasteiger partial charge is 0.258 e. The van der Waals surface area contributed by atoms with Crippen molar-refractivity contribution < 1.29 is 8.42 Å². The summed E-state index contributed by atoms with van der Waals surface area (Å²) < 4.78 is 26.8. The molecule has 0 aliphatic heterocycles. The molecule has 0 radical (unpaired) electrons. The molecule has 0 spiro atoms. The summed E-state index contributed by atoms with van der Waals surface area (Å²) in [7, 11) is -3.58. The Morgan fingerprint density at radius 1 is 1.37 bits per heavy atom. The highest BCUT2D eigenvalue weighted by Crippen LogP contribution is 2.13. The zero-order valence-electron chi connectivity index (χ0n) is 10.4. The quantitative estimate of drug-likeness (QED) is 0.689. The molecule has 2 heterocycles. The van der Waals surface area contributed by atoms with Gasteiger partial charge in [-0.25, -0.2) is 13.1 Å². The third kappa shape index (κ3) is 3.60. The van der Waals surface area contributed by atoms with Gasteiger partial charge < -0.3 is 5.32 Å². The van der Waals surface area contributed by atoms with Crippen LogP contribution >= 0.6 is 11.3 Å². The van der Waals surface area contributed by atoms with Crippen molar-refractivity contribution >= 4 is 21.4 Å². The van der Waals surface area contributed by atoms with E-state index in [9.17, 15) is 8.42 Å². The number of aromatic amines is 1. The average molecular weight is 301 g/mol. The molecule has 0 saturated carbocycles. The van der Waals surface area contributed by atoms with Crippen LogP contribution in [-0.2, 0) is 23.1 Å². The molecule has 2 aromatic heterocycles. The second-order valence-corrected chi connectivity index (χ2v) is 6.47.